The molecular formula is C21H19ClN2O5. The van der Waals surface area contributed by atoms with Crippen LogP contribution in [-0.4, -0.2) is 37.7 Å². The molecule has 1 heterocycles. The van der Waals surface area contributed by atoms with E-state index in [1.165, 1.54) is 13.2 Å². The van der Waals surface area contributed by atoms with Crippen LogP contribution < -0.4 is 14.8 Å². The van der Waals surface area contributed by atoms with Gasteiger partial charge >= 0.3 is 5.97 Å². The molecule has 0 unspecified atom stereocenters. The van der Waals surface area contributed by atoms with E-state index in [0.29, 0.717) is 34.0 Å². The second kappa shape index (κ2) is 9.25. The topological polar surface area (TPSA) is 86.8 Å². The molecule has 0 spiro atoms. The molecule has 150 valence electrons. The first-order chi connectivity index (χ1) is 14.0. The van der Waals surface area contributed by atoms with Crippen molar-refractivity contribution in [3.63, 3.8) is 0 Å². The Balaban J connectivity index is 1.75. The Kier molecular flexibility index (Phi) is 6.51. The summed E-state index contributed by atoms with van der Waals surface area (Å²) in [6, 6.07) is 13.8. The largest absolute Gasteiger partial charge is 0.497 e. The van der Waals surface area contributed by atoms with Gasteiger partial charge in [0.05, 0.1) is 19.7 Å². The summed E-state index contributed by atoms with van der Waals surface area (Å²) in [5, 5.41) is 4.01. The van der Waals surface area contributed by atoms with E-state index in [0.717, 1.165) is 5.56 Å². The van der Waals surface area contributed by atoms with E-state index < -0.39 is 5.97 Å². The maximum absolute atomic E-state index is 12.2. The van der Waals surface area contributed by atoms with Crippen LogP contribution >= 0.6 is 11.6 Å². The van der Waals surface area contributed by atoms with Gasteiger partial charge in [-0.05, 0) is 35.9 Å². The zero-order valence-electron chi connectivity index (χ0n) is 15.9. The van der Waals surface area contributed by atoms with Crippen molar-refractivity contribution in [2.75, 3.05) is 20.8 Å². The molecule has 3 rings (SSSR count). The molecule has 0 bridgehead atoms. The maximum atomic E-state index is 12.2. The molecule has 1 amide bonds. The SMILES string of the molecule is COC(=O)c1cc(OCC(=O)NCc2ccc(Cl)cc2)c2cc(OC)ccc2n1. The van der Waals surface area contributed by atoms with Crippen molar-refractivity contribution < 1.29 is 23.8 Å². The van der Waals surface area contributed by atoms with E-state index in [9.17, 15) is 9.59 Å². The Morgan fingerprint density at radius 2 is 1.83 bits per heavy atom. The average molecular weight is 415 g/mol. The number of carbonyl (C=O) groups excluding carboxylic acids is 2. The van der Waals surface area contributed by atoms with Crippen molar-refractivity contribution in [1.82, 2.24) is 10.3 Å². The highest BCUT2D eigenvalue weighted by atomic mass is 35.5. The molecule has 8 heteroatoms. The summed E-state index contributed by atoms with van der Waals surface area (Å²) in [6.07, 6.45) is 0. The van der Waals surface area contributed by atoms with Crippen LogP contribution in [0.2, 0.25) is 5.02 Å². The highest BCUT2D eigenvalue weighted by Gasteiger charge is 2.15. The van der Waals surface area contributed by atoms with Crippen LogP contribution in [0.15, 0.2) is 48.5 Å². The number of fused-ring (bicyclic) bond motifs is 1. The van der Waals surface area contributed by atoms with Gasteiger partial charge in [0.15, 0.2) is 12.3 Å². The zero-order chi connectivity index (χ0) is 20.8. The van der Waals surface area contributed by atoms with E-state index in [1.807, 2.05) is 12.1 Å². The van der Waals surface area contributed by atoms with Crippen molar-refractivity contribution in [3.05, 3.63) is 64.8 Å². The van der Waals surface area contributed by atoms with Gasteiger partial charge in [-0.3, -0.25) is 4.79 Å². The van der Waals surface area contributed by atoms with Gasteiger partial charge in [-0.2, -0.15) is 0 Å². The number of methoxy groups -OCH3 is 2. The number of halogens is 1. The smallest absolute Gasteiger partial charge is 0.356 e. The van der Waals surface area contributed by atoms with Crippen LogP contribution in [0.3, 0.4) is 0 Å². The molecule has 0 fully saturated rings. The van der Waals surface area contributed by atoms with Gasteiger partial charge in [0, 0.05) is 23.0 Å². The molecule has 0 saturated carbocycles. The van der Waals surface area contributed by atoms with Gasteiger partial charge < -0.3 is 19.5 Å². The first-order valence-corrected chi connectivity index (χ1v) is 9.09. The number of nitrogens with one attached hydrogen (secondary N) is 1. The van der Waals surface area contributed by atoms with E-state index in [2.05, 4.69) is 10.3 Å². The number of nitrogens with zero attached hydrogens (tertiary/aromatic N) is 1. The first-order valence-electron chi connectivity index (χ1n) is 8.71. The fourth-order valence-electron chi connectivity index (χ4n) is 2.63. The molecular weight excluding hydrogens is 396 g/mol. The lowest BCUT2D eigenvalue weighted by atomic mass is 10.1. The van der Waals surface area contributed by atoms with Crippen LogP contribution in [0.1, 0.15) is 16.1 Å². The third kappa shape index (κ3) is 5.14. The molecule has 0 aliphatic carbocycles. The number of benzene rings is 2. The van der Waals surface area contributed by atoms with E-state index in [1.54, 1.807) is 37.4 Å². The first kappa shape index (κ1) is 20.4. The lowest BCUT2D eigenvalue weighted by molar-refractivity contribution is -0.123. The van der Waals surface area contributed by atoms with Crippen LogP contribution in [-0.2, 0) is 16.1 Å². The predicted molar refractivity (Wildman–Crippen MR) is 108 cm³/mol. The second-order valence-corrected chi connectivity index (χ2v) is 6.51. The molecule has 7 nitrogen and oxygen atoms in total. The van der Waals surface area contributed by atoms with Crippen LogP contribution in [0.5, 0.6) is 11.5 Å². The molecule has 0 atom stereocenters. The van der Waals surface area contributed by atoms with Crippen LogP contribution in [0, 0.1) is 0 Å². The number of amides is 1. The van der Waals surface area contributed by atoms with Crippen molar-refractivity contribution in [3.8, 4) is 11.5 Å². The molecule has 0 aliphatic rings. The van der Waals surface area contributed by atoms with Gasteiger partial charge in [-0.15, -0.1) is 0 Å². The number of pyridine rings is 1. The number of hydrogen-bond acceptors (Lipinski definition) is 6. The Morgan fingerprint density at radius 3 is 2.52 bits per heavy atom. The minimum absolute atomic E-state index is 0.0849. The zero-order valence-corrected chi connectivity index (χ0v) is 16.7. The maximum Gasteiger partial charge on any atom is 0.356 e. The van der Waals surface area contributed by atoms with E-state index in [4.69, 9.17) is 25.8 Å². The highest BCUT2D eigenvalue weighted by Crippen LogP contribution is 2.29. The summed E-state index contributed by atoms with van der Waals surface area (Å²) >= 11 is 5.85. The number of hydrogen-bond donors (Lipinski definition) is 1. The number of esters is 1. The summed E-state index contributed by atoms with van der Waals surface area (Å²) in [7, 11) is 2.81. The molecule has 29 heavy (non-hydrogen) atoms. The number of aromatic nitrogens is 1. The third-order valence-corrected chi connectivity index (χ3v) is 4.39. The minimum Gasteiger partial charge on any atom is -0.497 e. The quantitative estimate of drug-likeness (QED) is 0.596. The van der Waals surface area contributed by atoms with Crippen LogP contribution in [0.4, 0.5) is 0 Å². The lowest BCUT2D eigenvalue weighted by Crippen LogP contribution is -2.28. The molecule has 0 saturated heterocycles. The molecule has 0 radical (unpaired) electrons. The van der Waals surface area contributed by atoms with Gasteiger partial charge in [0.25, 0.3) is 5.91 Å². The minimum atomic E-state index is -0.597. The summed E-state index contributed by atoms with van der Waals surface area (Å²) in [6.45, 7) is 0.113. The fraction of sp³-hybridized carbons (Fsp3) is 0.190. The Bertz CT molecular complexity index is 1040. The summed E-state index contributed by atoms with van der Waals surface area (Å²) in [5.41, 5.74) is 1.52. The molecule has 1 aromatic heterocycles. The fourth-order valence-corrected chi connectivity index (χ4v) is 2.75. The number of carbonyl (C=O) groups is 2. The highest BCUT2D eigenvalue weighted by molar-refractivity contribution is 6.30. The summed E-state index contributed by atoms with van der Waals surface area (Å²) in [4.78, 5) is 28.4. The van der Waals surface area contributed by atoms with Gasteiger partial charge in [-0.25, -0.2) is 9.78 Å². The Labute approximate surface area is 172 Å². The van der Waals surface area contributed by atoms with Crippen molar-refractivity contribution in [2.24, 2.45) is 0 Å². The van der Waals surface area contributed by atoms with Crippen LogP contribution in [0.25, 0.3) is 10.9 Å². The normalized spacial score (nSPS) is 10.4. The van der Waals surface area contributed by atoms with E-state index in [-0.39, 0.29) is 18.2 Å². The standard InChI is InChI=1S/C21H19ClN2O5/c1-27-15-7-8-17-16(9-15)19(10-18(24-17)21(26)28-2)29-12-20(25)23-11-13-3-5-14(22)6-4-13/h3-10H,11-12H2,1-2H3,(H,23,25). The Hall–Kier alpha value is -3.32. The monoisotopic (exact) mass is 414 g/mol. The number of ether oxygens (including phenoxy) is 3. The Morgan fingerprint density at radius 1 is 1.07 bits per heavy atom. The summed E-state index contributed by atoms with van der Waals surface area (Å²) < 4.78 is 15.7. The van der Waals surface area contributed by atoms with E-state index >= 15 is 0 Å². The second-order valence-electron chi connectivity index (χ2n) is 6.07. The molecule has 3 aromatic rings. The van der Waals surface area contributed by atoms with Gasteiger partial charge in [0.1, 0.15) is 11.5 Å². The van der Waals surface area contributed by atoms with Crippen molar-refractivity contribution in [2.45, 2.75) is 6.54 Å². The molecule has 0 aliphatic heterocycles. The average Bonchev–Trinajstić information content (AvgIpc) is 2.75. The lowest BCUT2D eigenvalue weighted by Gasteiger charge is -2.12. The van der Waals surface area contributed by atoms with Gasteiger partial charge in [-0.1, -0.05) is 23.7 Å². The number of rotatable bonds is 7. The summed E-state index contributed by atoms with van der Waals surface area (Å²) in [5.74, 6) is 0.0188. The molecule has 1 N–H and O–H groups in total. The van der Waals surface area contributed by atoms with Crippen molar-refractivity contribution in [1.29, 1.82) is 0 Å². The van der Waals surface area contributed by atoms with Gasteiger partial charge in [0.2, 0.25) is 0 Å². The molecule has 2 aromatic carbocycles. The van der Waals surface area contributed by atoms with Crippen molar-refractivity contribution >= 4 is 34.4 Å². The predicted octanol–water partition coefficient (Wildman–Crippen LogP) is 3.38. The third-order valence-electron chi connectivity index (χ3n) is 4.13.